The maximum Gasteiger partial charge on any atom is 0.325 e. The molecule has 15 heavy (non-hydrogen) atoms. The maximum absolute atomic E-state index is 11.7. The third kappa shape index (κ3) is 1.78. The van der Waals surface area contributed by atoms with Gasteiger partial charge in [-0.05, 0) is 45.4 Å². The van der Waals surface area contributed by atoms with Crippen molar-refractivity contribution in [2.45, 2.75) is 51.1 Å². The zero-order chi connectivity index (χ0) is 11.1. The van der Waals surface area contributed by atoms with Gasteiger partial charge >= 0.3 is 5.97 Å². The van der Waals surface area contributed by atoms with E-state index in [2.05, 4.69) is 4.90 Å². The highest BCUT2D eigenvalue weighted by Crippen LogP contribution is 2.38. The van der Waals surface area contributed by atoms with Crippen LogP contribution in [0.5, 0.6) is 0 Å². The molecule has 0 spiro atoms. The molecular weight excluding hydrogens is 190 g/mol. The van der Waals surface area contributed by atoms with Crippen molar-refractivity contribution < 1.29 is 9.53 Å². The van der Waals surface area contributed by atoms with Crippen LogP contribution in [0.2, 0.25) is 0 Å². The van der Waals surface area contributed by atoms with Gasteiger partial charge in [0.15, 0.2) is 0 Å². The number of ether oxygens (including phenoxy) is 1. The van der Waals surface area contributed by atoms with Gasteiger partial charge in [-0.3, -0.25) is 9.69 Å². The van der Waals surface area contributed by atoms with Gasteiger partial charge in [0.25, 0.3) is 0 Å². The highest BCUT2D eigenvalue weighted by atomic mass is 16.5. The molecule has 3 rings (SSSR count). The predicted octanol–water partition coefficient (Wildman–Crippen LogP) is 1.81. The molecule has 0 aromatic heterocycles. The molecule has 0 aromatic rings. The van der Waals surface area contributed by atoms with E-state index in [1.807, 2.05) is 13.8 Å². The second kappa shape index (κ2) is 3.78. The van der Waals surface area contributed by atoms with Gasteiger partial charge in [-0.1, -0.05) is 0 Å². The first kappa shape index (κ1) is 10.9. The molecule has 1 saturated carbocycles. The highest BCUT2D eigenvalue weighted by Gasteiger charge is 2.45. The third-order valence-corrected chi connectivity index (χ3v) is 4.11. The van der Waals surface area contributed by atoms with E-state index in [4.69, 9.17) is 4.74 Å². The van der Waals surface area contributed by atoms with Crippen LogP contribution >= 0.6 is 0 Å². The van der Waals surface area contributed by atoms with Crippen molar-refractivity contribution in [3.05, 3.63) is 0 Å². The summed E-state index contributed by atoms with van der Waals surface area (Å²) < 4.78 is 4.90. The number of piperidine rings is 2. The van der Waals surface area contributed by atoms with E-state index >= 15 is 0 Å². The van der Waals surface area contributed by atoms with Crippen LogP contribution in [0.4, 0.5) is 0 Å². The predicted molar refractivity (Wildman–Crippen MR) is 58.5 cm³/mol. The van der Waals surface area contributed by atoms with Crippen molar-refractivity contribution in [1.29, 1.82) is 0 Å². The van der Waals surface area contributed by atoms with Gasteiger partial charge in [-0.15, -0.1) is 0 Å². The fourth-order valence-corrected chi connectivity index (χ4v) is 3.12. The number of rotatable bonds is 2. The van der Waals surface area contributed by atoms with Gasteiger partial charge < -0.3 is 4.74 Å². The quantitative estimate of drug-likeness (QED) is 0.652. The molecule has 0 atom stereocenters. The average Bonchev–Trinajstić information content (AvgIpc) is 2.29. The van der Waals surface area contributed by atoms with E-state index in [1.165, 1.54) is 32.8 Å². The lowest BCUT2D eigenvalue weighted by atomic mass is 9.77. The molecule has 3 nitrogen and oxygen atoms in total. The molecular formula is C12H21NO2. The van der Waals surface area contributed by atoms with E-state index in [9.17, 15) is 4.79 Å². The fraction of sp³-hybridized carbons (Fsp3) is 0.917. The van der Waals surface area contributed by atoms with Gasteiger partial charge in [-0.2, -0.15) is 0 Å². The Morgan fingerprint density at radius 3 is 2.27 bits per heavy atom. The Balaban J connectivity index is 2.13. The zero-order valence-electron chi connectivity index (χ0n) is 9.95. The number of carbonyl (C=O) groups is 1. The summed E-state index contributed by atoms with van der Waals surface area (Å²) in [5.74, 6) is 0.703. The summed E-state index contributed by atoms with van der Waals surface area (Å²) in [6.07, 6.45) is 5.20. The van der Waals surface area contributed by atoms with Crippen LogP contribution in [0.1, 0.15) is 39.5 Å². The zero-order valence-corrected chi connectivity index (χ0v) is 9.95. The number of esters is 1. The molecule has 0 N–H and O–H groups in total. The summed E-state index contributed by atoms with van der Waals surface area (Å²) in [7, 11) is 1.48. The minimum atomic E-state index is -0.446. The van der Waals surface area contributed by atoms with Crippen molar-refractivity contribution in [3.63, 3.8) is 0 Å². The van der Waals surface area contributed by atoms with Gasteiger partial charge in [0, 0.05) is 12.6 Å². The molecule has 0 radical (unpaired) electrons. The fourth-order valence-electron chi connectivity index (χ4n) is 3.12. The SMILES string of the molecule is COC(=O)C(C)(C)N1CC2CCC1CC2. The molecule has 0 aromatic carbocycles. The summed E-state index contributed by atoms with van der Waals surface area (Å²) in [6.45, 7) is 5.05. The molecule has 0 amide bonds. The number of methoxy groups -OCH3 is 1. The van der Waals surface area contributed by atoms with Crippen LogP contribution in [0.15, 0.2) is 0 Å². The van der Waals surface area contributed by atoms with Gasteiger partial charge in [-0.25, -0.2) is 0 Å². The molecule has 2 saturated heterocycles. The Bertz CT molecular complexity index is 254. The standard InChI is InChI=1S/C12H21NO2/c1-12(2,11(14)15-3)13-8-9-4-6-10(13)7-5-9/h9-10H,4-8H2,1-3H3. The van der Waals surface area contributed by atoms with Crippen molar-refractivity contribution in [1.82, 2.24) is 4.90 Å². The second-order valence-corrected chi connectivity index (χ2v) is 5.38. The summed E-state index contributed by atoms with van der Waals surface area (Å²) in [5, 5.41) is 0. The average molecular weight is 211 g/mol. The molecule has 86 valence electrons. The van der Waals surface area contributed by atoms with Gasteiger partial charge in [0.2, 0.25) is 0 Å². The van der Waals surface area contributed by atoms with Crippen molar-refractivity contribution in [3.8, 4) is 0 Å². The minimum Gasteiger partial charge on any atom is -0.468 e. The molecule has 3 heteroatoms. The Kier molecular flexibility index (Phi) is 2.75. The van der Waals surface area contributed by atoms with Crippen LogP contribution in [0.3, 0.4) is 0 Å². The minimum absolute atomic E-state index is 0.102. The summed E-state index contributed by atoms with van der Waals surface area (Å²) in [4.78, 5) is 14.1. The first-order valence-corrected chi connectivity index (χ1v) is 5.91. The van der Waals surface area contributed by atoms with Gasteiger partial charge in [0.05, 0.1) is 7.11 Å². The maximum atomic E-state index is 11.7. The van der Waals surface area contributed by atoms with Crippen molar-refractivity contribution in [2.24, 2.45) is 5.92 Å². The number of fused-ring (bicyclic) bond motifs is 3. The first-order chi connectivity index (χ1) is 7.05. The lowest BCUT2D eigenvalue weighted by Crippen LogP contribution is -2.60. The number of hydrogen-bond donors (Lipinski definition) is 0. The van der Waals surface area contributed by atoms with Gasteiger partial charge in [0.1, 0.15) is 5.54 Å². The molecule has 3 aliphatic rings. The summed E-state index contributed by atoms with van der Waals surface area (Å²) in [6, 6.07) is 0.601. The molecule has 3 fully saturated rings. The van der Waals surface area contributed by atoms with E-state index in [-0.39, 0.29) is 5.97 Å². The van der Waals surface area contributed by atoms with Crippen molar-refractivity contribution >= 4 is 5.97 Å². The number of carbonyl (C=O) groups excluding carboxylic acids is 1. The van der Waals surface area contributed by atoms with E-state index in [1.54, 1.807) is 0 Å². The Labute approximate surface area is 91.8 Å². The number of nitrogens with zero attached hydrogens (tertiary/aromatic N) is 1. The second-order valence-electron chi connectivity index (χ2n) is 5.38. The molecule has 1 aliphatic carbocycles. The number of hydrogen-bond acceptors (Lipinski definition) is 3. The monoisotopic (exact) mass is 211 g/mol. The Morgan fingerprint density at radius 2 is 1.87 bits per heavy atom. The molecule has 2 heterocycles. The Morgan fingerprint density at radius 1 is 1.27 bits per heavy atom. The molecule has 2 bridgehead atoms. The van der Waals surface area contributed by atoms with Crippen LogP contribution in [0.25, 0.3) is 0 Å². The lowest BCUT2D eigenvalue weighted by molar-refractivity contribution is -0.158. The Hall–Kier alpha value is -0.570. The lowest BCUT2D eigenvalue weighted by Gasteiger charge is -2.51. The summed E-state index contributed by atoms with van der Waals surface area (Å²) in [5.41, 5.74) is -0.446. The normalized spacial score (nSPS) is 31.7. The smallest absolute Gasteiger partial charge is 0.325 e. The van der Waals surface area contributed by atoms with Crippen LogP contribution < -0.4 is 0 Å². The topological polar surface area (TPSA) is 29.5 Å². The van der Waals surface area contributed by atoms with Crippen molar-refractivity contribution in [2.75, 3.05) is 13.7 Å². The van der Waals surface area contributed by atoms with Crippen LogP contribution in [-0.4, -0.2) is 36.1 Å². The summed E-state index contributed by atoms with van der Waals surface area (Å²) >= 11 is 0. The third-order valence-electron chi connectivity index (χ3n) is 4.11. The van der Waals surface area contributed by atoms with Crippen LogP contribution in [0, 0.1) is 5.92 Å². The van der Waals surface area contributed by atoms with E-state index in [0.29, 0.717) is 6.04 Å². The molecule has 2 aliphatic heterocycles. The molecule has 0 unspecified atom stereocenters. The first-order valence-electron chi connectivity index (χ1n) is 5.91. The largest absolute Gasteiger partial charge is 0.468 e. The van der Waals surface area contributed by atoms with E-state index < -0.39 is 5.54 Å². The highest BCUT2D eigenvalue weighted by molar-refractivity contribution is 5.79. The van der Waals surface area contributed by atoms with E-state index in [0.717, 1.165) is 12.5 Å². The van der Waals surface area contributed by atoms with Crippen LogP contribution in [-0.2, 0) is 9.53 Å².